The monoisotopic (exact) mass is 160 g/mol. The van der Waals surface area contributed by atoms with E-state index in [9.17, 15) is 5.11 Å². The van der Waals surface area contributed by atoms with Crippen LogP contribution in [-0.4, -0.2) is 5.11 Å². The Labute approximate surface area is 70.5 Å². The van der Waals surface area contributed by atoms with Crippen LogP contribution in [0.2, 0.25) is 0 Å². The van der Waals surface area contributed by atoms with Gasteiger partial charge >= 0.3 is 0 Å². The first-order valence-corrected chi connectivity index (χ1v) is 3.87. The molecule has 2 heteroatoms. The summed E-state index contributed by atoms with van der Waals surface area (Å²) in [4.78, 5) is 3.17. The number of benzene rings is 1. The molecule has 1 aromatic heterocycles. The Morgan fingerprint density at radius 2 is 1.92 bits per heavy atom. The van der Waals surface area contributed by atoms with E-state index in [2.05, 4.69) is 4.98 Å². The lowest BCUT2D eigenvalue weighted by Crippen LogP contribution is -2.07. The quantitative estimate of drug-likeness (QED) is 0.625. The van der Waals surface area contributed by atoms with Gasteiger partial charge in [-0.15, -0.1) is 0 Å². The fourth-order valence-electron chi connectivity index (χ4n) is 1.27. The van der Waals surface area contributed by atoms with E-state index in [0.29, 0.717) is 5.75 Å². The molecule has 2 aromatic rings. The minimum absolute atomic E-state index is 0.296. The molecule has 60 valence electrons. The summed E-state index contributed by atoms with van der Waals surface area (Å²) in [5.41, 5.74) is 2.06. The lowest BCUT2D eigenvalue weighted by molar-refractivity contribution is -0.354. The van der Waals surface area contributed by atoms with Crippen molar-refractivity contribution in [2.75, 3.05) is 0 Å². The molecule has 0 bridgehead atoms. The highest BCUT2D eigenvalue weighted by Crippen LogP contribution is 2.15. The number of nitrogens with one attached hydrogen (secondary N) is 1. The molecule has 0 atom stereocenters. The van der Waals surface area contributed by atoms with E-state index in [0.717, 1.165) is 16.6 Å². The Morgan fingerprint density at radius 3 is 2.75 bits per heavy atom. The van der Waals surface area contributed by atoms with Gasteiger partial charge in [0.2, 0.25) is 5.52 Å². The van der Waals surface area contributed by atoms with Crippen molar-refractivity contribution in [1.29, 1.82) is 0 Å². The van der Waals surface area contributed by atoms with Crippen molar-refractivity contribution in [2.45, 2.75) is 6.92 Å². The highest BCUT2D eigenvalue weighted by atomic mass is 16.3. The van der Waals surface area contributed by atoms with Gasteiger partial charge in [-0.25, -0.2) is 4.98 Å². The van der Waals surface area contributed by atoms with Gasteiger partial charge in [0.25, 0.3) is 0 Å². The minimum Gasteiger partial charge on any atom is -0.508 e. The number of aromatic amines is 1. The molecule has 0 aliphatic rings. The molecular weight excluding hydrogens is 150 g/mol. The van der Waals surface area contributed by atoms with Crippen molar-refractivity contribution in [3.05, 3.63) is 36.0 Å². The van der Waals surface area contributed by atoms with Crippen LogP contribution in [0, 0.1) is 6.92 Å². The zero-order valence-corrected chi connectivity index (χ0v) is 6.83. The third-order valence-corrected chi connectivity index (χ3v) is 1.88. The number of aromatic hydroxyl groups is 1. The molecule has 0 spiro atoms. The highest BCUT2D eigenvalue weighted by Gasteiger charge is 2.01. The smallest absolute Gasteiger partial charge is 0.214 e. The van der Waals surface area contributed by atoms with E-state index < -0.39 is 0 Å². The summed E-state index contributed by atoms with van der Waals surface area (Å²) >= 11 is 0. The third kappa shape index (κ3) is 1.11. The maximum absolute atomic E-state index is 9.20. The standard InChI is InChI=1S/C10H9NO/c1-7-2-3-8-4-5-9(12)6-10(8)11-7/h2-6,12H,1H3/p+1. The molecular formula is C10H10NO+. The molecule has 2 N–H and O–H groups in total. The number of aryl methyl sites for hydroxylation is 1. The van der Waals surface area contributed by atoms with Crippen LogP contribution in [0.25, 0.3) is 10.9 Å². The first kappa shape index (κ1) is 7.10. The van der Waals surface area contributed by atoms with Gasteiger partial charge in [0.1, 0.15) is 5.75 Å². The van der Waals surface area contributed by atoms with Crippen molar-refractivity contribution >= 4 is 10.9 Å². The lowest BCUT2D eigenvalue weighted by Gasteiger charge is -1.93. The molecule has 12 heavy (non-hydrogen) atoms. The van der Waals surface area contributed by atoms with Gasteiger partial charge in [-0.1, -0.05) is 0 Å². The van der Waals surface area contributed by atoms with E-state index in [1.807, 2.05) is 25.1 Å². The second-order valence-corrected chi connectivity index (χ2v) is 2.91. The number of hydrogen-bond acceptors (Lipinski definition) is 1. The van der Waals surface area contributed by atoms with Crippen LogP contribution in [-0.2, 0) is 0 Å². The van der Waals surface area contributed by atoms with Gasteiger partial charge in [0.15, 0.2) is 5.69 Å². The van der Waals surface area contributed by atoms with E-state index >= 15 is 0 Å². The van der Waals surface area contributed by atoms with Gasteiger partial charge in [0.05, 0.1) is 6.07 Å². The molecule has 1 aromatic carbocycles. The van der Waals surface area contributed by atoms with E-state index in [1.165, 1.54) is 0 Å². The second kappa shape index (κ2) is 2.48. The summed E-state index contributed by atoms with van der Waals surface area (Å²) in [6, 6.07) is 9.34. The first-order chi connectivity index (χ1) is 5.75. The predicted octanol–water partition coefficient (Wildman–Crippen LogP) is 1.67. The van der Waals surface area contributed by atoms with Crippen molar-refractivity contribution < 1.29 is 10.1 Å². The van der Waals surface area contributed by atoms with Crippen LogP contribution < -0.4 is 4.98 Å². The number of aromatic nitrogens is 1. The van der Waals surface area contributed by atoms with Gasteiger partial charge in [-0.3, -0.25) is 0 Å². The summed E-state index contributed by atoms with van der Waals surface area (Å²) in [7, 11) is 0. The van der Waals surface area contributed by atoms with Crippen molar-refractivity contribution in [3.8, 4) is 5.75 Å². The van der Waals surface area contributed by atoms with Gasteiger partial charge in [-0.05, 0) is 18.2 Å². The summed E-state index contributed by atoms with van der Waals surface area (Å²) in [6.07, 6.45) is 0. The molecule has 2 nitrogen and oxygen atoms in total. The summed E-state index contributed by atoms with van der Waals surface area (Å²) < 4.78 is 0. The highest BCUT2D eigenvalue weighted by molar-refractivity contribution is 5.76. The largest absolute Gasteiger partial charge is 0.508 e. The fraction of sp³-hybridized carbons (Fsp3) is 0.100. The lowest BCUT2D eigenvalue weighted by atomic mass is 10.2. The molecule has 0 saturated carbocycles. The summed E-state index contributed by atoms with van der Waals surface area (Å²) in [5.74, 6) is 0.296. The Balaban J connectivity index is 2.80. The number of phenols is 1. The van der Waals surface area contributed by atoms with E-state index in [-0.39, 0.29) is 0 Å². The van der Waals surface area contributed by atoms with E-state index in [1.54, 1.807) is 12.1 Å². The molecule has 0 aliphatic carbocycles. The molecule has 0 radical (unpaired) electrons. The molecule has 2 rings (SSSR count). The number of H-pyrrole nitrogens is 1. The summed E-state index contributed by atoms with van der Waals surface area (Å²) in [5, 5.41) is 10.3. The molecule has 0 fully saturated rings. The van der Waals surface area contributed by atoms with Crippen LogP contribution in [0.5, 0.6) is 5.75 Å². The Bertz CT molecular complexity index is 386. The van der Waals surface area contributed by atoms with Gasteiger partial charge in [-0.2, -0.15) is 0 Å². The predicted molar refractivity (Wildman–Crippen MR) is 46.9 cm³/mol. The second-order valence-electron chi connectivity index (χ2n) is 2.91. The van der Waals surface area contributed by atoms with Crippen LogP contribution in [0.1, 0.15) is 5.69 Å². The Kier molecular flexibility index (Phi) is 1.47. The average molecular weight is 160 g/mol. The minimum atomic E-state index is 0.296. The Hall–Kier alpha value is -1.57. The fourth-order valence-corrected chi connectivity index (χ4v) is 1.27. The first-order valence-electron chi connectivity index (χ1n) is 3.87. The number of fused-ring (bicyclic) bond motifs is 1. The Morgan fingerprint density at radius 1 is 1.17 bits per heavy atom. The summed E-state index contributed by atoms with van der Waals surface area (Å²) in [6.45, 7) is 1.99. The number of rotatable bonds is 0. The van der Waals surface area contributed by atoms with Crippen molar-refractivity contribution in [3.63, 3.8) is 0 Å². The molecule has 0 unspecified atom stereocenters. The number of pyridine rings is 1. The maximum atomic E-state index is 9.20. The maximum Gasteiger partial charge on any atom is 0.214 e. The zero-order valence-electron chi connectivity index (χ0n) is 6.83. The molecule has 0 aliphatic heterocycles. The average Bonchev–Trinajstić information content (AvgIpc) is 2.03. The topological polar surface area (TPSA) is 34.4 Å². The third-order valence-electron chi connectivity index (χ3n) is 1.88. The van der Waals surface area contributed by atoms with Crippen molar-refractivity contribution in [2.24, 2.45) is 0 Å². The van der Waals surface area contributed by atoms with Crippen LogP contribution in [0.4, 0.5) is 0 Å². The SMILES string of the molecule is Cc1ccc2ccc(O)cc2[nH+]1. The van der Waals surface area contributed by atoms with Gasteiger partial charge in [0, 0.05) is 18.4 Å². The molecule has 0 amide bonds. The van der Waals surface area contributed by atoms with Crippen LogP contribution >= 0.6 is 0 Å². The van der Waals surface area contributed by atoms with Crippen LogP contribution in [0.3, 0.4) is 0 Å². The number of hydrogen-bond donors (Lipinski definition) is 1. The normalized spacial score (nSPS) is 10.4. The van der Waals surface area contributed by atoms with Gasteiger partial charge < -0.3 is 5.11 Å². The van der Waals surface area contributed by atoms with Crippen LogP contribution in [0.15, 0.2) is 30.3 Å². The number of phenolic OH excluding ortho intramolecular Hbond substituents is 1. The van der Waals surface area contributed by atoms with Crippen molar-refractivity contribution in [1.82, 2.24) is 0 Å². The van der Waals surface area contributed by atoms with E-state index in [4.69, 9.17) is 0 Å². The molecule has 1 heterocycles. The zero-order chi connectivity index (χ0) is 8.55. The molecule has 0 saturated heterocycles.